The number of anilines is 1. The van der Waals surface area contributed by atoms with Gasteiger partial charge in [-0.2, -0.15) is 15.8 Å². The molecule has 0 bridgehead atoms. The molecular weight excluding hydrogens is 356 g/mol. The Kier molecular flexibility index (Phi) is 8.50. The lowest BCUT2D eigenvalue weighted by molar-refractivity contribution is 0.678. The van der Waals surface area contributed by atoms with Crippen molar-refractivity contribution in [1.82, 2.24) is 0 Å². The first-order chi connectivity index (χ1) is 14.2. The number of unbranched alkanes of at least 4 members (excludes halogenated alkanes) is 2. The maximum Gasteiger partial charge on any atom is 0.136 e. The second-order valence-corrected chi connectivity index (χ2v) is 6.90. The fraction of sp³-hybridized carbons (Fsp3) is 0.320. The molecule has 2 aromatic rings. The minimum Gasteiger partial charge on any atom is -0.372 e. The molecule has 4 nitrogen and oxygen atoms in total. The molecule has 0 fully saturated rings. The number of benzene rings is 2. The van der Waals surface area contributed by atoms with Crippen molar-refractivity contribution in [1.29, 1.82) is 15.8 Å². The zero-order chi connectivity index (χ0) is 21.1. The van der Waals surface area contributed by atoms with E-state index in [-0.39, 0.29) is 5.57 Å². The van der Waals surface area contributed by atoms with Crippen molar-refractivity contribution in [3.63, 3.8) is 0 Å². The van der Waals surface area contributed by atoms with Gasteiger partial charge < -0.3 is 4.90 Å². The molecule has 2 aromatic carbocycles. The maximum atomic E-state index is 9.71. The van der Waals surface area contributed by atoms with Gasteiger partial charge in [-0.25, -0.2) is 0 Å². The zero-order valence-electron chi connectivity index (χ0n) is 17.2. The Labute approximate surface area is 173 Å². The summed E-state index contributed by atoms with van der Waals surface area (Å²) >= 11 is 0. The summed E-state index contributed by atoms with van der Waals surface area (Å²) in [6, 6.07) is 21.2. The summed E-state index contributed by atoms with van der Waals surface area (Å²) in [7, 11) is 0. The number of rotatable bonds is 8. The van der Waals surface area contributed by atoms with E-state index in [4.69, 9.17) is 10.5 Å². The van der Waals surface area contributed by atoms with Gasteiger partial charge in [-0.3, -0.25) is 0 Å². The van der Waals surface area contributed by atoms with Crippen molar-refractivity contribution in [2.75, 3.05) is 18.0 Å². The monoisotopic (exact) mass is 382 g/mol. The quantitative estimate of drug-likeness (QED) is 0.691. The molecule has 0 aliphatic carbocycles. The zero-order valence-corrected chi connectivity index (χ0v) is 17.2. The van der Waals surface area contributed by atoms with Gasteiger partial charge in [0.2, 0.25) is 0 Å². The fourth-order valence-corrected chi connectivity index (χ4v) is 3.16. The average Bonchev–Trinajstić information content (AvgIpc) is 2.77. The Balaban J connectivity index is 2.39. The summed E-state index contributed by atoms with van der Waals surface area (Å²) in [5.41, 5.74) is 2.69. The highest BCUT2D eigenvalue weighted by Crippen LogP contribution is 2.20. The van der Waals surface area contributed by atoms with Gasteiger partial charge in [0, 0.05) is 24.0 Å². The van der Waals surface area contributed by atoms with Crippen molar-refractivity contribution in [3.05, 3.63) is 64.5 Å². The standard InChI is InChI=1S/C25H26N4/c1-3-5-15-29(16-6-4-2)24-13-11-22(12-14-24)25(19-28)21-9-7-20(8-10-21)23(17-26)18-27/h7-14H,3-6,15-16H2,1-2H3. The third-order valence-corrected chi connectivity index (χ3v) is 4.88. The fourth-order valence-electron chi connectivity index (χ4n) is 3.16. The SMILES string of the molecule is CCCCN(CCCC)c1ccc(C(C#N)=c2ccc(=C(C#N)C#N)cc2)cc1. The minimum atomic E-state index is 0.0682. The summed E-state index contributed by atoms with van der Waals surface area (Å²) in [4.78, 5) is 2.42. The van der Waals surface area contributed by atoms with E-state index < -0.39 is 0 Å². The van der Waals surface area contributed by atoms with E-state index in [2.05, 4.69) is 36.9 Å². The van der Waals surface area contributed by atoms with Crippen LogP contribution in [0.4, 0.5) is 5.69 Å². The molecule has 0 amide bonds. The molecule has 0 saturated heterocycles. The van der Waals surface area contributed by atoms with Crippen molar-refractivity contribution >= 4 is 16.8 Å². The van der Waals surface area contributed by atoms with Crippen LogP contribution in [-0.2, 0) is 0 Å². The summed E-state index contributed by atoms with van der Waals surface area (Å²) in [6.45, 7) is 6.49. The second kappa shape index (κ2) is 11.3. The van der Waals surface area contributed by atoms with Crippen LogP contribution in [0.3, 0.4) is 0 Å². The topological polar surface area (TPSA) is 74.6 Å². The van der Waals surface area contributed by atoms with Gasteiger partial charge in [0.15, 0.2) is 0 Å². The summed E-state index contributed by atoms with van der Waals surface area (Å²) < 4.78 is 0. The van der Waals surface area contributed by atoms with Gasteiger partial charge in [-0.1, -0.05) is 63.1 Å². The van der Waals surface area contributed by atoms with Crippen LogP contribution >= 0.6 is 0 Å². The molecule has 0 aromatic heterocycles. The molecule has 146 valence electrons. The molecule has 0 saturated carbocycles. The lowest BCUT2D eigenvalue weighted by Gasteiger charge is -2.25. The van der Waals surface area contributed by atoms with Crippen molar-refractivity contribution in [3.8, 4) is 18.2 Å². The molecule has 0 spiro atoms. The normalized spacial score (nSPS) is 9.76. The highest BCUT2D eigenvalue weighted by Gasteiger charge is 2.08. The van der Waals surface area contributed by atoms with E-state index in [9.17, 15) is 5.26 Å². The Bertz CT molecular complexity index is 1010. The molecule has 0 aliphatic rings. The first kappa shape index (κ1) is 21.7. The van der Waals surface area contributed by atoms with Crippen LogP contribution in [0.2, 0.25) is 0 Å². The van der Waals surface area contributed by atoms with Crippen LogP contribution in [0.25, 0.3) is 11.1 Å². The lowest BCUT2D eigenvalue weighted by Crippen LogP contribution is -2.25. The van der Waals surface area contributed by atoms with Crippen LogP contribution in [-0.4, -0.2) is 13.1 Å². The molecule has 4 heteroatoms. The van der Waals surface area contributed by atoms with Crippen molar-refractivity contribution in [2.24, 2.45) is 0 Å². The van der Waals surface area contributed by atoms with Crippen LogP contribution < -0.4 is 15.3 Å². The molecule has 29 heavy (non-hydrogen) atoms. The highest BCUT2D eigenvalue weighted by atomic mass is 15.1. The van der Waals surface area contributed by atoms with Crippen LogP contribution in [0.15, 0.2) is 48.5 Å². The summed E-state index contributed by atoms with van der Waals surface area (Å²) in [5, 5.41) is 29.0. The molecule has 0 radical (unpaired) electrons. The lowest BCUT2D eigenvalue weighted by atomic mass is 10.0. The summed E-state index contributed by atoms with van der Waals surface area (Å²) in [6.07, 6.45) is 4.66. The van der Waals surface area contributed by atoms with Gasteiger partial charge in [-0.05, 0) is 35.8 Å². The minimum absolute atomic E-state index is 0.0682. The van der Waals surface area contributed by atoms with Gasteiger partial charge in [0.25, 0.3) is 0 Å². The number of nitriles is 3. The second-order valence-electron chi connectivity index (χ2n) is 6.90. The Morgan fingerprint density at radius 3 is 1.69 bits per heavy atom. The van der Waals surface area contributed by atoms with Crippen molar-refractivity contribution in [2.45, 2.75) is 39.5 Å². The Morgan fingerprint density at radius 1 is 0.724 bits per heavy atom. The van der Waals surface area contributed by atoms with Crippen LogP contribution in [0, 0.1) is 34.0 Å². The number of nitrogens with zero attached hydrogens (tertiary/aromatic N) is 4. The predicted molar refractivity (Wildman–Crippen MR) is 117 cm³/mol. The van der Waals surface area contributed by atoms with Crippen LogP contribution in [0.1, 0.15) is 45.1 Å². The molecule has 0 unspecified atom stereocenters. The van der Waals surface area contributed by atoms with E-state index in [1.54, 1.807) is 24.3 Å². The Morgan fingerprint density at radius 2 is 1.24 bits per heavy atom. The third-order valence-electron chi connectivity index (χ3n) is 4.88. The Hall–Kier alpha value is -3.55. The third kappa shape index (κ3) is 5.71. The molecule has 2 rings (SSSR count). The predicted octanol–water partition coefficient (Wildman–Crippen LogP) is 4.01. The van der Waals surface area contributed by atoms with E-state index >= 15 is 0 Å². The number of hydrogen-bond acceptors (Lipinski definition) is 4. The van der Waals surface area contributed by atoms with Crippen LogP contribution in [0.5, 0.6) is 0 Å². The van der Waals surface area contributed by atoms with E-state index in [0.717, 1.165) is 36.7 Å². The van der Waals surface area contributed by atoms with Crippen molar-refractivity contribution < 1.29 is 0 Å². The van der Waals surface area contributed by atoms with Gasteiger partial charge in [0.1, 0.15) is 23.8 Å². The molecular formula is C25H26N4. The van der Waals surface area contributed by atoms with Gasteiger partial charge >= 0.3 is 0 Å². The average molecular weight is 383 g/mol. The van der Waals surface area contributed by atoms with E-state index in [1.165, 1.54) is 18.5 Å². The molecule has 0 aliphatic heterocycles. The number of hydrogen-bond donors (Lipinski definition) is 0. The van der Waals surface area contributed by atoms with E-state index in [1.807, 2.05) is 24.3 Å². The molecule has 0 N–H and O–H groups in total. The smallest absolute Gasteiger partial charge is 0.136 e. The molecule has 0 heterocycles. The van der Waals surface area contributed by atoms with Gasteiger partial charge in [0.05, 0.1) is 5.57 Å². The first-order valence-electron chi connectivity index (χ1n) is 10.1. The first-order valence-corrected chi connectivity index (χ1v) is 10.1. The van der Waals surface area contributed by atoms with E-state index in [0.29, 0.717) is 10.8 Å². The van der Waals surface area contributed by atoms with Gasteiger partial charge in [-0.15, -0.1) is 0 Å². The summed E-state index contributed by atoms with van der Waals surface area (Å²) in [5.74, 6) is 0. The maximum absolute atomic E-state index is 9.71. The highest BCUT2D eigenvalue weighted by molar-refractivity contribution is 5.77. The largest absolute Gasteiger partial charge is 0.372 e. The molecule has 0 atom stereocenters.